The molecule has 2 heterocycles. The van der Waals surface area contributed by atoms with E-state index in [4.69, 9.17) is 9.84 Å². The maximum absolute atomic E-state index is 13.5. The molecular formula is C26H33FN4O3. The summed E-state index contributed by atoms with van der Waals surface area (Å²) in [6, 6.07) is 7.56. The van der Waals surface area contributed by atoms with E-state index in [1.54, 1.807) is 18.3 Å². The SMILES string of the molecule is CC(C)Oc1cc2nn(C3CCC(CO)CC3)cc2cc1CNc1cccn([C@@H]2C[C@@H]2F)c1=O. The minimum Gasteiger partial charge on any atom is -0.491 e. The van der Waals surface area contributed by atoms with Crippen LogP contribution in [0, 0.1) is 5.92 Å². The summed E-state index contributed by atoms with van der Waals surface area (Å²) in [4.78, 5) is 12.8. The Bertz CT molecular complexity index is 1210. The Morgan fingerprint density at radius 2 is 2.03 bits per heavy atom. The lowest BCUT2D eigenvalue weighted by Gasteiger charge is -2.27. The molecule has 0 aliphatic heterocycles. The topological polar surface area (TPSA) is 81.3 Å². The van der Waals surface area contributed by atoms with Gasteiger partial charge in [-0.2, -0.15) is 5.10 Å². The number of aliphatic hydroxyl groups excluding tert-OH is 1. The lowest BCUT2D eigenvalue weighted by Crippen LogP contribution is -2.22. The first kappa shape index (κ1) is 22.9. The normalized spacial score (nSPS) is 24.5. The zero-order valence-corrected chi connectivity index (χ0v) is 19.8. The van der Waals surface area contributed by atoms with E-state index in [0.717, 1.165) is 47.9 Å². The maximum atomic E-state index is 13.5. The van der Waals surface area contributed by atoms with Gasteiger partial charge in [0.2, 0.25) is 0 Å². The van der Waals surface area contributed by atoms with E-state index in [1.807, 2.05) is 19.9 Å². The summed E-state index contributed by atoms with van der Waals surface area (Å²) in [5.41, 5.74) is 2.07. The summed E-state index contributed by atoms with van der Waals surface area (Å²) in [6.07, 6.45) is 7.28. The van der Waals surface area contributed by atoms with Crippen LogP contribution in [-0.4, -0.2) is 38.3 Å². The number of hydrogen-bond acceptors (Lipinski definition) is 5. The van der Waals surface area contributed by atoms with Crippen molar-refractivity contribution in [2.75, 3.05) is 11.9 Å². The van der Waals surface area contributed by atoms with Gasteiger partial charge in [0.15, 0.2) is 0 Å². The second kappa shape index (κ2) is 9.41. The Morgan fingerprint density at radius 3 is 2.71 bits per heavy atom. The number of alkyl halides is 1. The van der Waals surface area contributed by atoms with Crippen molar-refractivity contribution in [2.45, 2.75) is 76.9 Å². The van der Waals surface area contributed by atoms with Gasteiger partial charge in [0.1, 0.15) is 17.6 Å². The van der Waals surface area contributed by atoms with Crippen molar-refractivity contribution < 1.29 is 14.2 Å². The van der Waals surface area contributed by atoms with Crippen LogP contribution in [0.1, 0.15) is 63.6 Å². The molecule has 7 nitrogen and oxygen atoms in total. The highest BCUT2D eigenvalue weighted by atomic mass is 19.1. The molecule has 2 fully saturated rings. The van der Waals surface area contributed by atoms with Gasteiger partial charge < -0.3 is 19.7 Å². The molecule has 182 valence electrons. The van der Waals surface area contributed by atoms with Crippen LogP contribution in [-0.2, 0) is 6.54 Å². The predicted molar refractivity (Wildman–Crippen MR) is 130 cm³/mol. The molecule has 5 rings (SSSR count). The molecular weight excluding hydrogens is 435 g/mol. The van der Waals surface area contributed by atoms with Crippen LogP contribution in [0.4, 0.5) is 10.1 Å². The summed E-state index contributed by atoms with van der Waals surface area (Å²) in [6.45, 7) is 4.65. The minimum absolute atomic E-state index is 0.00245. The van der Waals surface area contributed by atoms with Crippen molar-refractivity contribution >= 4 is 16.6 Å². The summed E-state index contributed by atoms with van der Waals surface area (Å²) in [5, 5.41) is 18.5. The predicted octanol–water partition coefficient (Wildman–Crippen LogP) is 4.60. The fraction of sp³-hybridized carbons (Fsp3) is 0.538. The van der Waals surface area contributed by atoms with Gasteiger partial charge in [0.05, 0.1) is 23.7 Å². The Balaban J connectivity index is 1.39. The molecule has 0 saturated heterocycles. The molecule has 0 bridgehead atoms. The number of rotatable bonds is 8. The van der Waals surface area contributed by atoms with Crippen LogP contribution in [0.5, 0.6) is 5.75 Å². The van der Waals surface area contributed by atoms with Gasteiger partial charge in [-0.3, -0.25) is 9.48 Å². The number of pyridine rings is 1. The first-order valence-electron chi connectivity index (χ1n) is 12.3. The number of nitrogens with one attached hydrogen (secondary N) is 1. The number of benzene rings is 1. The van der Waals surface area contributed by atoms with E-state index < -0.39 is 6.17 Å². The number of nitrogens with zero attached hydrogens (tertiary/aromatic N) is 3. The number of hydrogen-bond donors (Lipinski definition) is 2. The highest BCUT2D eigenvalue weighted by molar-refractivity contribution is 5.81. The van der Waals surface area contributed by atoms with E-state index in [2.05, 4.69) is 22.3 Å². The van der Waals surface area contributed by atoms with Crippen molar-refractivity contribution in [1.82, 2.24) is 14.3 Å². The first-order valence-corrected chi connectivity index (χ1v) is 12.3. The third kappa shape index (κ3) is 4.69. The van der Waals surface area contributed by atoms with Crippen LogP contribution in [0.2, 0.25) is 0 Å². The number of ether oxygens (including phenoxy) is 1. The van der Waals surface area contributed by atoms with Crippen molar-refractivity contribution in [3.8, 4) is 5.75 Å². The second-order valence-electron chi connectivity index (χ2n) is 9.96. The monoisotopic (exact) mass is 468 g/mol. The fourth-order valence-electron chi connectivity index (χ4n) is 4.94. The number of aromatic nitrogens is 3. The van der Waals surface area contributed by atoms with Gasteiger partial charge in [0, 0.05) is 49.0 Å². The van der Waals surface area contributed by atoms with Gasteiger partial charge in [-0.25, -0.2) is 4.39 Å². The van der Waals surface area contributed by atoms with E-state index in [9.17, 15) is 14.3 Å². The molecule has 0 amide bonds. The van der Waals surface area contributed by atoms with E-state index >= 15 is 0 Å². The molecule has 3 aromatic rings. The number of halogens is 1. The lowest BCUT2D eigenvalue weighted by atomic mass is 9.87. The quantitative estimate of drug-likeness (QED) is 0.505. The molecule has 8 heteroatoms. The van der Waals surface area contributed by atoms with Gasteiger partial charge in [-0.1, -0.05) is 0 Å². The third-order valence-corrected chi connectivity index (χ3v) is 7.00. The van der Waals surface area contributed by atoms with Crippen LogP contribution in [0.15, 0.2) is 41.5 Å². The molecule has 2 atom stereocenters. The highest BCUT2D eigenvalue weighted by Crippen LogP contribution is 2.38. The summed E-state index contributed by atoms with van der Waals surface area (Å²) < 4.78 is 23.1. The van der Waals surface area contributed by atoms with Crippen molar-refractivity contribution in [2.24, 2.45) is 5.92 Å². The highest BCUT2D eigenvalue weighted by Gasteiger charge is 2.39. The lowest BCUT2D eigenvalue weighted by molar-refractivity contribution is 0.165. The first-order chi connectivity index (χ1) is 16.4. The fourth-order valence-corrected chi connectivity index (χ4v) is 4.94. The number of fused-ring (bicyclic) bond motifs is 1. The Hall–Kier alpha value is -2.87. The second-order valence-corrected chi connectivity index (χ2v) is 9.96. The molecule has 34 heavy (non-hydrogen) atoms. The minimum atomic E-state index is -0.934. The van der Waals surface area contributed by atoms with E-state index in [-0.39, 0.29) is 24.3 Å². The average Bonchev–Trinajstić information content (AvgIpc) is 3.40. The molecule has 0 spiro atoms. The molecule has 1 aromatic carbocycles. The summed E-state index contributed by atoms with van der Waals surface area (Å²) >= 11 is 0. The molecule has 2 saturated carbocycles. The zero-order valence-electron chi connectivity index (χ0n) is 19.8. The van der Waals surface area contributed by atoms with Gasteiger partial charge in [-0.15, -0.1) is 0 Å². The third-order valence-electron chi connectivity index (χ3n) is 7.00. The molecule has 2 aromatic heterocycles. The number of anilines is 1. The zero-order chi connectivity index (χ0) is 23.8. The average molecular weight is 469 g/mol. The van der Waals surface area contributed by atoms with Crippen molar-refractivity contribution in [3.63, 3.8) is 0 Å². The van der Waals surface area contributed by atoms with Crippen molar-refractivity contribution in [1.29, 1.82) is 0 Å². The van der Waals surface area contributed by atoms with Gasteiger partial charge >= 0.3 is 0 Å². The van der Waals surface area contributed by atoms with E-state index in [0.29, 0.717) is 30.6 Å². The molecule has 2 aliphatic rings. The molecule has 0 unspecified atom stereocenters. The van der Waals surface area contributed by atoms with Crippen LogP contribution < -0.4 is 15.6 Å². The Kier molecular flexibility index (Phi) is 6.34. The van der Waals surface area contributed by atoms with Crippen LogP contribution in [0.25, 0.3) is 10.9 Å². The Labute approximate surface area is 198 Å². The molecule has 0 radical (unpaired) electrons. The maximum Gasteiger partial charge on any atom is 0.274 e. The largest absolute Gasteiger partial charge is 0.491 e. The van der Waals surface area contributed by atoms with Crippen LogP contribution in [0.3, 0.4) is 0 Å². The van der Waals surface area contributed by atoms with E-state index in [1.165, 1.54) is 4.57 Å². The molecule has 2 N–H and O–H groups in total. The van der Waals surface area contributed by atoms with Gasteiger partial charge in [-0.05, 0) is 63.6 Å². The Morgan fingerprint density at radius 1 is 1.26 bits per heavy atom. The smallest absolute Gasteiger partial charge is 0.274 e. The number of aliphatic hydroxyl groups is 1. The van der Waals surface area contributed by atoms with Crippen molar-refractivity contribution in [3.05, 3.63) is 52.6 Å². The standard InChI is InChI=1S/C26H33FN4O3/c1-16(2)34-25-12-23-19(14-31(29-23)20-7-5-17(15-32)6-8-20)10-18(25)13-28-22-4-3-9-30(26(22)33)24-11-21(24)27/h3-4,9-10,12,14,16-17,20-21,24,28,32H,5-8,11,13,15H2,1-2H3/t17?,20?,21-,24+/m0/s1. The summed E-state index contributed by atoms with van der Waals surface area (Å²) in [7, 11) is 0. The van der Waals surface area contributed by atoms with Gasteiger partial charge in [0.25, 0.3) is 5.56 Å². The molecule has 2 aliphatic carbocycles. The summed E-state index contributed by atoms with van der Waals surface area (Å²) in [5.74, 6) is 1.15. The van der Waals surface area contributed by atoms with Crippen LogP contribution >= 0.6 is 0 Å².